The van der Waals surface area contributed by atoms with E-state index in [0.717, 1.165) is 5.69 Å². The Labute approximate surface area is 120 Å². The molecular formula is C12H21N5O2S. The van der Waals surface area contributed by atoms with Crippen LogP contribution in [0.4, 0.5) is 11.5 Å². The van der Waals surface area contributed by atoms with Crippen molar-refractivity contribution in [3.8, 4) is 0 Å². The Hall–Kier alpha value is -1.38. The van der Waals surface area contributed by atoms with Crippen LogP contribution < -0.4 is 15.4 Å². The highest BCUT2D eigenvalue weighted by molar-refractivity contribution is 7.87. The van der Waals surface area contributed by atoms with Gasteiger partial charge in [-0.05, 0) is 26.0 Å². The predicted octanol–water partition coefficient (Wildman–Crippen LogP) is 0.0286. The van der Waals surface area contributed by atoms with Crippen molar-refractivity contribution in [2.75, 3.05) is 36.8 Å². The van der Waals surface area contributed by atoms with Crippen LogP contribution in [0.25, 0.3) is 0 Å². The van der Waals surface area contributed by atoms with Crippen LogP contribution in [0, 0.1) is 0 Å². The van der Waals surface area contributed by atoms with Crippen LogP contribution in [0.2, 0.25) is 0 Å². The first-order valence-corrected chi connectivity index (χ1v) is 8.06. The molecule has 2 rings (SSSR count). The Kier molecular flexibility index (Phi) is 4.46. The second-order valence-corrected chi connectivity index (χ2v) is 6.81. The zero-order chi connectivity index (χ0) is 14.8. The number of piperazine rings is 1. The number of nitrogen functional groups attached to an aromatic ring is 1. The fourth-order valence-corrected chi connectivity index (χ4v) is 3.53. The molecule has 7 nitrogen and oxygen atoms in total. The van der Waals surface area contributed by atoms with Crippen molar-refractivity contribution in [3.63, 3.8) is 0 Å². The highest BCUT2D eigenvalue weighted by atomic mass is 32.2. The molecule has 0 aliphatic carbocycles. The number of pyridine rings is 1. The van der Waals surface area contributed by atoms with Crippen molar-refractivity contribution in [1.82, 2.24) is 14.0 Å². The van der Waals surface area contributed by atoms with E-state index in [0.29, 0.717) is 32.0 Å². The van der Waals surface area contributed by atoms with Gasteiger partial charge in [0.05, 0.1) is 11.9 Å². The van der Waals surface area contributed by atoms with E-state index in [1.165, 1.54) is 4.31 Å². The van der Waals surface area contributed by atoms with Crippen molar-refractivity contribution in [1.29, 1.82) is 0 Å². The lowest BCUT2D eigenvalue weighted by molar-refractivity contribution is 0.375. The zero-order valence-electron chi connectivity index (χ0n) is 11.8. The van der Waals surface area contributed by atoms with E-state index < -0.39 is 10.2 Å². The van der Waals surface area contributed by atoms with Crippen molar-refractivity contribution in [2.24, 2.45) is 0 Å². The molecule has 0 unspecified atom stereocenters. The van der Waals surface area contributed by atoms with Gasteiger partial charge in [-0.2, -0.15) is 17.4 Å². The smallest absolute Gasteiger partial charge is 0.279 e. The highest BCUT2D eigenvalue weighted by Gasteiger charge is 2.27. The van der Waals surface area contributed by atoms with E-state index in [1.807, 2.05) is 19.9 Å². The maximum Gasteiger partial charge on any atom is 0.279 e. The molecule has 0 radical (unpaired) electrons. The van der Waals surface area contributed by atoms with Gasteiger partial charge in [-0.3, -0.25) is 0 Å². The molecule has 1 aliphatic rings. The lowest BCUT2D eigenvalue weighted by atomic mass is 10.3. The Morgan fingerprint density at radius 1 is 1.25 bits per heavy atom. The molecule has 1 aromatic rings. The van der Waals surface area contributed by atoms with Gasteiger partial charge < -0.3 is 10.6 Å². The van der Waals surface area contributed by atoms with Gasteiger partial charge in [-0.15, -0.1) is 0 Å². The molecule has 1 aromatic heterocycles. The van der Waals surface area contributed by atoms with Gasteiger partial charge in [0, 0.05) is 32.2 Å². The van der Waals surface area contributed by atoms with Gasteiger partial charge in [-0.25, -0.2) is 4.98 Å². The van der Waals surface area contributed by atoms with Crippen molar-refractivity contribution < 1.29 is 8.42 Å². The summed E-state index contributed by atoms with van der Waals surface area (Å²) in [5.74, 6) is 0.482. The molecule has 2 heterocycles. The average molecular weight is 299 g/mol. The molecule has 0 amide bonds. The molecule has 0 spiro atoms. The average Bonchev–Trinajstić information content (AvgIpc) is 2.38. The van der Waals surface area contributed by atoms with Crippen LogP contribution in [0.15, 0.2) is 18.3 Å². The summed E-state index contributed by atoms with van der Waals surface area (Å²) in [4.78, 5) is 6.16. The Morgan fingerprint density at radius 3 is 2.40 bits per heavy atom. The van der Waals surface area contributed by atoms with Gasteiger partial charge in [0.2, 0.25) is 0 Å². The molecule has 0 aromatic carbocycles. The van der Waals surface area contributed by atoms with E-state index in [-0.39, 0.29) is 6.04 Å². The first kappa shape index (κ1) is 15.0. The maximum absolute atomic E-state index is 12.1. The number of nitrogens with one attached hydrogen (secondary N) is 1. The third kappa shape index (κ3) is 3.59. The van der Waals surface area contributed by atoms with Crippen LogP contribution in [0.5, 0.6) is 0 Å². The van der Waals surface area contributed by atoms with Crippen LogP contribution in [0.3, 0.4) is 0 Å². The van der Waals surface area contributed by atoms with Crippen molar-refractivity contribution in [3.05, 3.63) is 18.3 Å². The lowest BCUT2D eigenvalue weighted by Crippen LogP contribution is -2.53. The first-order chi connectivity index (χ1) is 9.38. The third-order valence-electron chi connectivity index (χ3n) is 3.10. The van der Waals surface area contributed by atoms with Gasteiger partial charge in [0.1, 0.15) is 5.82 Å². The number of nitrogens with two attached hydrogens (primary N) is 1. The van der Waals surface area contributed by atoms with Crippen LogP contribution in [-0.2, 0) is 10.2 Å². The summed E-state index contributed by atoms with van der Waals surface area (Å²) >= 11 is 0. The van der Waals surface area contributed by atoms with Gasteiger partial charge in [0.25, 0.3) is 10.2 Å². The summed E-state index contributed by atoms with van der Waals surface area (Å²) in [6, 6.07) is 3.55. The fourth-order valence-electron chi connectivity index (χ4n) is 2.14. The molecule has 8 heteroatoms. The van der Waals surface area contributed by atoms with Crippen LogP contribution >= 0.6 is 0 Å². The number of aromatic nitrogens is 1. The number of hydrogen-bond donors (Lipinski definition) is 2. The van der Waals surface area contributed by atoms with Crippen molar-refractivity contribution >= 4 is 21.7 Å². The minimum absolute atomic E-state index is 0.0978. The van der Waals surface area contributed by atoms with Crippen LogP contribution in [-0.4, -0.2) is 49.9 Å². The van der Waals surface area contributed by atoms with Crippen molar-refractivity contribution in [2.45, 2.75) is 19.9 Å². The minimum Gasteiger partial charge on any atom is -0.384 e. The fraction of sp³-hybridized carbons (Fsp3) is 0.583. The lowest BCUT2D eigenvalue weighted by Gasteiger charge is -2.35. The molecule has 1 saturated heterocycles. The summed E-state index contributed by atoms with van der Waals surface area (Å²) in [5.41, 5.74) is 6.52. The summed E-state index contributed by atoms with van der Waals surface area (Å²) in [5, 5.41) is 0. The van der Waals surface area contributed by atoms with Gasteiger partial charge >= 0.3 is 0 Å². The van der Waals surface area contributed by atoms with Crippen LogP contribution in [0.1, 0.15) is 13.8 Å². The molecule has 0 atom stereocenters. The largest absolute Gasteiger partial charge is 0.384 e. The molecule has 1 fully saturated rings. The molecule has 0 bridgehead atoms. The summed E-state index contributed by atoms with van der Waals surface area (Å²) in [7, 11) is -3.37. The van der Waals surface area contributed by atoms with E-state index in [1.54, 1.807) is 12.3 Å². The molecule has 20 heavy (non-hydrogen) atoms. The number of hydrogen-bond acceptors (Lipinski definition) is 5. The SMILES string of the molecule is CC(C)NS(=O)(=O)N1CCN(c2ccc(N)nc2)CC1. The Bertz CT molecular complexity index is 535. The highest BCUT2D eigenvalue weighted by Crippen LogP contribution is 2.17. The quantitative estimate of drug-likeness (QED) is 0.818. The molecular weight excluding hydrogens is 278 g/mol. The monoisotopic (exact) mass is 299 g/mol. The van der Waals surface area contributed by atoms with E-state index in [2.05, 4.69) is 14.6 Å². The normalized spacial score (nSPS) is 17.6. The zero-order valence-corrected chi connectivity index (χ0v) is 12.6. The second-order valence-electron chi connectivity index (χ2n) is 5.10. The minimum atomic E-state index is -3.37. The third-order valence-corrected chi connectivity index (χ3v) is 4.91. The Balaban J connectivity index is 1.97. The molecule has 3 N–H and O–H groups in total. The van der Waals surface area contributed by atoms with E-state index >= 15 is 0 Å². The molecule has 1 aliphatic heterocycles. The van der Waals surface area contributed by atoms with Gasteiger partial charge in [-0.1, -0.05) is 0 Å². The van der Waals surface area contributed by atoms with Gasteiger partial charge in [0.15, 0.2) is 0 Å². The summed E-state index contributed by atoms with van der Waals surface area (Å²) < 4.78 is 28.2. The summed E-state index contributed by atoms with van der Waals surface area (Å²) in [6.45, 7) is 5.84. The molecule has 112 valence electrons. The maximum atomic E-state index is 12.1. The number of nitrogens with zero attached hydrogens (tertiary/aromatic N) is 3. The standard InChI is InChI=1S/C12H21N5O2S/c1-10(2)15-20(18,19)17-7-5-16(6-8-17)11-3-4-12(13)14-9-11/h3-4,9-10,15H,5-8H2,1-2H3,(H2,13,14). The predicted molar refractivity (Wildman–Crippen MR) is 79.6 cm³/mol. The number of anilines is 2. The Morgan fingerprint density at radius 2 is 1.90 bits per heavy atom. The second kappa shape index (κ2) is 5.94. The first-order valence-electron chi connectivity index (χ1n) is 6.62. The van der Waals surface area contributed by atoms with E-state index in [4.69, 9.17) is 5.73 Å². The summed E-state index contributed by atoms with van der Waals surface area (Å²) in [6.07, 6.45) is 1.71. The molecule has 0 saturated carbocycles. The topological polar surface area (TPSA) is 91.6 Å². The van der Waals surface area contributed by atoms with E-state index in [9.17, 15) is 8.42 Å². The number of rotatable bonds is 4.